The SMILES string of the molecule is O=C(NC[C@@H]1[C@@H](c2ccccc2)[C@]12CN(c1cc(=O)[nH]cn1)C[C@H]2O)c1cnc[nH]1. The number of anilines is 1. The van der Waals surface area contributed by atoms with Crippen molar-refractivity contribution in [2.45, 2.75) is 12.0 Å². The Labute approximate surface area is 172 Å². The van der Waals surface area contributed by atoms with E-state index in [1.54, 1.807) is 0 Å². The summed E-state index contributed by atoms with van der Waals surface area (Å²) in [4.78, 5) is 39.5. The number of hydrogen-bond acceptors (Lipinski definition) is 6. The molecule has 3 aromatic rings. The Morgan fingerprint density at radius 3 is 2.83 bits per heavy atom. The minimum absolute atomic E-state index is 0.0637. The predicted octanol–water partition coefficient (Wildman–Crippen LogP) is 0.504. The summed E-state index contributed by atoms with van der Waals surface area (Å²) in [6, 6.07) is 11.5. The van der Waals surface area contributed by atoms with Crippen molar-refractivity contribution in [2.75, 3.05) is 24.5 Å². The summed E-state index contributed by atoms with van der Waals surface area (Å²) in [5.41, 5.74) is 0.905. The number of rotatable bonds is 5. The standard InChI is InChI=1S/C21H22N6O3/c28-16-9-27(17-6-18(29)26-12-25-17)10-21(16)14(19(21)13-4-2-1-3-5-13)7-23-20(30)15-8-22-11-24-15/h1-6,8,11-12,14,16,19,28H,7,9-10H2,(H,22,24)(H,23,30)(H,25,26,29)/t14-,16-,19-,21-/m1/s1. The number of H-pyrrole nitrogens is 2. The lowest BCUT2D eigenvalue weighted by Crippen LogP contribution is -2.30. The molecule has 9 heteroatoms. The molecule has 0 unspecified atom stereocenters. The third kappa shape index (κ3) is 2.98. The molecule has 1 aliphatic heterocycles. The summed E-state index contributed by atoms with van der Waals surface area (Å²) in [7, 11) is 0. The van der Waals surface area contributed by atoms with E-state index in [4.69, 9.17) is 0 Å². The number of benzene rings is 1. The van der Waals surface area contributed by atoms with Crippen LogP contribution in [0.3, 0.4) is 0 Å². The zero-order chi connectivity index (χ0) is 20.7. The van der Waals surface area contributed by atoms with Crippen molar-refractivity contribution in [3.8, 4) is 0 Å². The highest BCUT2D eigenvalue weighted by Crippen LogP contribution is 2.68. The van der Waals surface area contributed by atoms with Gasteiger partial charge in [-0.05, 0) is 17.4 Å². The highest BCUT2D eigenvalue weighted by Gasteiger charge is 2.71. The highest BCUT2D eigenvalue weighted by molar-refractivity contribution is 5.92. The molecule has 30 heavy (non-hydrogen) atoms. The fourth-order valence-electron chi connectivity index (χ4n) is 4.98. The third-order valence-electron chi connectivity index (χ3n) is 6.41. The number of aliphatic hydroxyl groups is 1. The van der Waals surface area contributed by atoms with Gasteiger partial charge in [0.05, 0.1) is 25.0 Å². The molecular weight excluding hydrogens is 384 g/mol. The van der Waals surface area contributed by atoms with Gasteiger partial charge in [-0.2, -0.15) is 0 Å². The van der Waals surface area contributed by atoms with E-state index in [-0.39, 0.29) is 23.3 Å². The van der Waals surface area contributed by atoms with Crippen LogP contribution in [0.4, 0.5) is 5.82 Å². The lowest BCUT2D eigenvalue weighted by molar-refractivity contribution is 0.0935. The molecule has 3 heterocycles. The highest BCUT2D eigenvalue weighted by atomic mass is 16.3. The average Bonchev–Trinajstić information content (AvgIpc) is 3.06. The number of hydrogen-bond donors (Lipinski definition) is 4. The van der Waals surface area contributed by atoms with Crippen molar-refractivity contribution < 1.29 is 9.90 Å². The number of imidazole rings is 1. The normalized spacial score (nSPS) is 27.4. The molecule has 1 aromatic carbocycles. The minimum atomic E-state index is -0.599. The Morgan fingerprint density at radius 2 is 2.10 bits per heavy atom. The van der Waals surface area contributed by atoms with Gasteiger partial charge in [0.2, 0.25) is 0 Å². The molecule has 2 fully saturated rings. The first-order chi connectivity index (χ1) is 14.6. The molecule has 154 valence electrons. The van der Waals surface area contributed by atoms with Gasteiger partial charge in [0, 0.05) is 31.1 Å². The smallest absolute Gasteiger partial charge is 0.269 e. The second kappa shape index (κ2) is 7.10. The lowest BCUT2D eigenvalue weighted by Gasteiger charge is -2.17. The summed E-state index contributed by atoms with van der Waals surface area (Å²) in [5, 5.41) is 14.1. The molecule has 1 aliphatic carbocycles. The van der Waals surface area contributed by atoms with Crippen LogP contribution in [0.2, 0.25) is 0 Å². The van der Waals surface area contributed by atoms with Crippen LogP contribution in [-0.2, 0) is 0 Å². The maximum Gasteiger partial charge on any atom is 0.269 e. The Kier molecular flexibility index (Phi) is 4.39. The van der Waals surface area contributed by atoms with E-state index in [2.05, 4.69) is 37.4 Å². The number of amides is 1. The van der Waals surface area contributed by atoms with Crippen LogP contribution >= 0.6 is 0 Å². The molecule has 0 bridgehead atoms. The monoisotopic (exact) mass is 406 g/mol. The summed E-state index contributed by atoms with van der Waals surface area (Å²) < 4.78 is 0. The zero-order valence-electron chi connectivity index (χ0n) is 16.2. The summed E-state index contributed by atoms with van der Waals surface area (Å²) >= 11 is 0. The van der Waals surface area contributed by atoms with E-state index in [9.17, 15) is 14.7 Å². The molecule has 2 aliphatic rings. The molecule has 9 nitrogen and oxygen atoms in total. The molecule has 4 N–H and O–H groups in total. The first-order valence-electron chi connectivity index (χ1n) is 9.89. The van der Waals surface area contributed by atoms with Crippen molar-refractivity contribution in [1.82, 2.24) is 25.3 Å². The predicted molar refractivity (Wildman–Crippen MR) is 109 cm³/mol. The molecule has 2 aromatic heterocycles. The van der Waals surface area contributed by atoms with Crippen LogP contribution in [-0.4, -0.2) is 56.7 Å². The Balaban J connectivity index is 1.40. The van der Waals surface area contributed by atoms with E-state index in [1.165, 1.54) is 24.9 Å². The Hall–Kier alpha value is -3.46. The van der Waals surface area contributed by atoms with E-state index >= 15 is 0 Å². The summed E-state index contributed by atoms with van der Waals surface area (Å²) in [5.74, 6) is 0.493. The van der Waals surface area contributed by atoms with Gasteiger partial charge in [-0.25, -0.2) is 9.97 Å². The minimum Gasteiger partial charge on any atom is -0.391 e. The van der Waals surface area contributed by atoms with Crippen molar-refractivity contribution >= 4 is 11.7 Å². The number of β-amino-alcohol motifs (C(OH)–C–C–N with tert-alkyl or cyclic N) is 1. The van der Waals surface area contributed by atoms with Crippen LogP contribution < -0.4 is 15.8 Å². The third-order valence-corrected chi connectivity index (χ3v) is 6.41. The van der Waals surface area contributed by atoms with Gasteiger partial charge in [0.15, 0.2) is 0 Å². The van der Waals surface area contributed by atoms with E-state index in [1.807, 2.05) is 23.1 Å². The maximum absolute atomic E-state index is 12.4. The maximum atomic E-state index is 12.4. The summed E-state index contributed by atoms with van der Waals surface area (Å²) in [6.07, 6.45) is 3.72. The number of carbonyl (C=O) groups excluding carboxylic acids is 1. The van der Waals surface area contributed by atoms with Gasteiger partial charge in [0.1, 0.15) is 11.5 Å². The topological polar surface area (TPSA) is 127 Å². The molecule has 0 radical (unpaired) electrons. The van der Waals surface area contributed by atoms with Crippen LogP contribution in [0.5, 0.6) is 0 Å². The van der Waals surface area contributed by atoms with E-state index < -0.39 is 11.5 Å². The molecule has 4 atom stereocenters. The molecule has 1 amide bonds. The summed E-state index contributed by atoms with van der Waals surface area (Å²) in [6.45, 7) is 1.39. The Bertz CT molecular complexity index is 1100. The molecule has 5 rings (SSSR count). The van der Waals surface area contributed by atoms with Crippen molar-refractivity contribution in [3.63, 3.8) is 0 Å². The number of nitrogens with one attached hydrogen (secondary N) is 3. The van der Waals surface area contributed by atoms with Crippen LogP contribution in [0, 0.1) is 11.3 Å². The molecular formula is C21H22N6O3. The van der Waals surface area contributed by atoms with Crippen molar-refractivity contribution in [2.24, 2.45) is 11.3 Å². The van der Waals surface area contributed by atoms with Gasteiger partial charge < -0.3 is 25.3 Å². The number of nitrogens with zero attached hydrogens (tertiary/aromatic N) is 3. The number of carbonyl (C=O) groups is 1. The van der Waals surface area contributed by atoms with Crippen LogP contribution in [0.25, 0.3) is 0 Å². The first-order valence-corrected chi connectivity index (χ1v) is 9.89. The number of aliphatic hydroxyl groups excluding tert-OH is 1. The van der Waals surface area contributed by atoms with Gasteiger partial charge >= 0.3 is 0 Å². The molecule has 1 saturated carbocycles. The van der Waals surface area contributed by atoms with Crippen LogP contribution in [0.15, 0.2) is 60.0 Å². The largest absolute Gasteiger partial charge is 0.391 e. The van der Waals surface area contributed by atoms with Crippen molar-refractivity contribution in [1.29, 1.82) is 0 Å². The van der Waals surface area contributed by atoms with Gasteiger partial charge in [-0.15, -0.1) is 0 Å². The average molecular weight is 406 g/mol. The number of aromatic nitrogens is 4. The second-order valence-corrected chi connectivity index (χ2v) is 7.95. The fraction of sp³-hybridized carbons (Fsp3) is 0.333. The van der Waals surface area contributed by atoms with Gasteiger partial charge in [-0.1, -0.05) is 30.3 Å². The molecule has 1 saturated heterocycles. The van der Waals surface area contributed by atoms with Gasteiger partial charge in [0.25, 0.3) is 11.5 Å². The molecule has 1 spiro atoms. The van der Waals surface area contributed by atoms with Gasteiger partial charge in [-0.3, -0.25) is 9.59 Å². The Morgan fingerprint density at radius 1 is 1.27 bits per heavy atom. The van der Waals surface area contributed by atoms with Crippen molar-refractivity contribution in [3.05, 3.63) is 76.9 Å². The second-order valence-electron chi connectivity index (χ2n) is 7.95. The quantitative estimate of drug-likeness (QED) is 0.489. The zero-order valence-corrected chi connectivity index (χ0v) is 16.2. The van der Waals surface area contributed by atoms with E-state index in [0.717, 1.165) is 5.56 Å². The lowest BCUT2D eigenvalue weighted by atomic mass is 9.95. The number of aromatic amines is 2. The van der Waals surface area contributed by atoms with Crippen LogP contribution in [0.1, 0.15) is 22.0 Å². The first kappa shape index (κ1) is 18.6. The van der Waals surface area contributed by atoms with E-state index in [0.29, 0.717) is 31.1 Å². The fourth-order valence-corrected chi connectivity index (χ4v) is 4.98.